The zero-order chi connectivity index (χ0) is 24.4. The Balaban J connectivity index is 1.61. The molecule has 2 N–H and O–H groups in total. The summed E-state index contributed by atoms with van der Waals surface area (Å²) in [6, 6.07) is 25.0. The van der Waals surface area contributed by atoms with Gasteiger partial charge in [-0.25, -0.2) is 18.4 Å². The van der Waals surface area contributed by atoms with E-state index in [2.05, 4.69) is 20.0 Å². The van der Waals surface area contributed by atoms with Crippen molar-refractivity contribution in [3.63, 3.8) is 0 Å². The number of hydrogen-bond acceptors (Lipinski definition) is 7. The van der Waals surface area contributed by atoms with Gasteiger partial charge in [0.2, 0.25) is 0 Å². The number of rotatable bonds is 7. The van der Waals surface area contributed by atoms with Crippen molar-refractivity contribution in [2.75, 3.05) is 24.3 Å². The van der Waals surface area contributed by atoms with E-state index >= 15 is 0 Å². The summed E-state index contributed by atoms with van der Waals surface area (Å²) in [6.45, 7) is 0. The summed E-state index contributed by atoms with van der Waals surface area (Å²) in [6.07, 6.45) is 0. The third-order valence-corrected chi connectivity index (χ3v) is 6.85. The number of para-hydroxylation sites is 2. The minimum absolute atomic E-state index is 0.0680. The van der Waals surface area contributed by atoms with Crippen LogP contribution in [-0.4, -0.2) is 32.6 Å². The molecule has 0 unspecified atom stereocenters. The van der Waals surface area contributed by atoms with E-state index in [1.54, 1.807) is 62.8 Å². The molecule has 5 rings (SSSR count). The Bertz CT molecular complexity index is 1630. The maximum Gasteiger partial charge on any atom is 0.263 e. The van der Waals surface area contributed by atoms with Gasteiger partial charge in [0.05, 0.1) is 30.1 Å². The van der Waals surface area contributed by atoms with Crippen LogP contribution in [0.25, 0.3) is 21.8 Å². The number of fused-ring (bicyclic) bond motifs is 2. The molecule has 176 valence electrons. The molecule has 0 bridgehead atoms. The van der Waals surface area contributed by atoms with Gasteiger partial charge in [0.25, 0.3) is 10.0 Å². The first kappa shape index (κ1) is 22.4. The molecule has 0 spiro atoms. The van der Waals surface area contributed by atoms with Crippen molar-refractivity contribution in [1.29, 1.82) is 0 Å². The number of sulfonamides is 1. The van der Waals surface area contributed by atoms with Crippen LogP contribution in [0.5, 0.6) is 11.5 Å². The van der Waals surface area contributed by atoms with Gasteiger partial charge in [0.1, 0.15) is 11.5 Å². The van der Waals surface area contributed by atoms with Crippen LogP contribution in [0.3, 0.4) is 0 Å². The Morgan fingerprint density at radius 2 is 1.31 bits per heavy atom. The molecule has 0 aliphatic carbocycles. The molecule has 0 aliphatic heterocycles. The van der Waals surface area contributed by atoms with E-state index in [-0.39, 0.29) is 16.5 Å². The predicted molar refractivity (Wildman–Crippen MR) is 137 cm³/mol. The SMILES string of the molecule is COc1cc(Nc2nc3ccccc3nc2NS(=O)(=O)c2cccc3ccccc23)cc(OC)c1. The first-order chi connectivity index (χ1) is 17.0. The van der Waals surface area contributed by atoms with Crippen molar-refractivity contribution in [2.24, 2.45) is 0 Å². The van der Waals surface area contributed by atoms with Gasteiger partial charge in [-0.05, 0) is 23.6 Å². The molecule has 0 amide bonds. The second-order valence-corrected chi connectivity index (χ2v) is 9.37. The number of anilines is 3. The summed E-state index contributed by atoms with van der Waals surface area (Å²) in [5.41, 5.74) is 1.76. The topological polar surface area (TPSA) is 102 Å². The smallest absolute Gasteiger partial charge is 0.263 e. The van der Waals surface area contributed by atoms with Crippen molar-refractivity contribution >= 4 is 49.2 Å². The van der Waals surface area contributed by atoms with Crippen LogP contribution >= 0.6 is 0 Å². The molecular formula is C26H22N4O4S. The minimum atomic E-state index is -3.99. The first-order valence-corrected chi connectivity index (χ1v) is 12.2. The van der Waals surface area contributed by atoms with Gasteiger partial charge >= 0.3 is 0 Å². The molecule has 1 aromatic heterocycles. The fraction of sp³-hybridized carbons (Fsp3) is 0.0769. The van der Waals surface area contributed by atoms with E-state index < -0.39 is 10.0 Å². The Hall–Kier alpha value is -4.37. The molecule has 0 radical (unpaired) electrons. The van der Waals surface area contributed by atoms with Crippen molar-refractivity contribution in [3.8, 4) is 11.5 Å². The highest BCUT2D eigenvalue weighted by atomic mass is 32.2. The monoisotopic (exact) mass is 486 g/mol. The molecule has 0 fully saturated rings. The van der Waals surface area contributed by atoms with Crippen LogP contribution in [0, 0.1) is 0 Å². The van der Waals surface area contributed by atoms with Crippen molar-refractivity contribution in [1.82, 2.24) is 9.97 Å². The van der Waals surface area contributed by atoms with Gasteiger partial charge in [0, 0.05) is 29.3 Å². The quantitative estimate of drug-likeness (QED) is 0.320. The highest BCUT2D eigenvalue weighted by Gasteiger charge is 2.21. The standard InChI is InChI=1S/C26H22N4O4S/c1-33-19-14-18(15-20(16-19)34-2)27-25-26(29-23-12-6-5-11-22(23)28-25)30-35(31,32)24-13-7-9-17-8-3-4-10-21(17)24/h3-16H,1-2H3,(H,27,28)(H,29,30). The summed E-state index contributed by atoms with van der Waals surface area (Å²) in [4.78, 5) is 9.36. The lowest BCUT2D eigenvalue weighted by atomic mass is 10.1. The van der Waals surface area contributed by atoms with Gasteiger partial charge < -0.3 is 14.8 Å². The minimum Gasteiger partial charge on any atom is -0.497 e. The number of hydrogen-bond donors (Lipinski definition) is 2. The molecule has 0 saturated carbocycles. The van der Waals surface area contributed by atoms with Gasteiger partial charge in [0.15, 0.2) is 11.6 Å². The maximum atomic E-state index is 13.5. The average Bonchev–Trinajstić information content (AvgIpc) is 2.88. The molecule has 0 saturated heterocycles. The number of aromatic nitrogens is 2. The zero-order valence-corrected chi connectivity index (χ0v) is 19.8. The maximum absolute atomic E-state index is 13.5. The van der Waals surface area contributed by atoms with Crippen LogP contribution in [0.2, 0.25) is 0 Å². The van der Waals surface area contributed by atoms with E-state index in [1.165, 1.54) is 0 Å². The van der Waals surface area contributed by atoms with Crippen LogP contribution in [-0.2, 0) is 10.0 Å². The fourth-order valence-electron chi connectivity index (χ4n) is 3.79. The van der Waals surface area contributed by atoms with Gasteiger partial charge in [-0.1, -0.05) is 48.5 Å². The Kier molecular flexibility index (Phi) is 5.84. The molecule has 0 atom stereocenters. The lowest BCUT2D eigenvalue weighted by Gasteiger charge is -2.15. The lowest BCUT2D eigenvalue weighted by Crippen LogP contribution is -2.16. The molecule has 9 heteroatoms. The number of methoxy groups -OCH3 is 2. The van der Waals surface area contributed by atoms with E-state index in [0.717, 1.165) is 5.39 Å². The molecule has 5 aromatic rings. The summed E-state index contributed by atoms with van der Waals surface area (Å²) < 4.78 is 40.4. The molecule has 1 heterocycles. The molecule has 35 heavy (non-hydrogen) atoms. The van der Waals surface area contributed by atoms with Crippen LogP contribution in [0.4, 0.5) is 17.3 Å². The summed E-state index contributed by atoms with van der Waals surface area (Å²) >= 11 is 0. The second-order valence-electron chi connectivity index (χ2n) is 7.72. The molecule has 8 nitrogen and oxygen atoms in total. The molecule has 4 aromatic carbocycles. The Labute approximate surface area is 202 Å². The number of nitrogens with one attached hydrogen (secondary N) is 2. The fourth-order valence-corrected chi connectivity index (χ4v) is 5.03. The van der Waals surface area contributed by atoms with Gasteiger partial charge in [-0.2, -0.15) is 0 Å². The predicted octanol–water partition coefficient (Wildman–Crippen LogP) is 5.34. The molecular weight excluding hydrogens is 464 g/mol. The van der Waals surface area contributed by atoms with Crippen molar-refractivity contribution < 1.29 is 17.9 Å². The third-order valence-electron chi connectivity index (χ3n) is 5.45. The van der Waals surface area contributed by atoms with Crippen LogP contribution in [0.15, 0.2) is 89.8 Å². The van der Waals surface area contributed by atoms with E-state index in [0.29, 0.717) is 33.6 Å². The normalized spacial score (nSPS) is 11.4. The lowest BCUT2D eigenvalue weighted by molar-refractivity contribution is 0.395. The van der Waals surface area contributed by atoms with E-state index in [1.807, 2.05) is 36.4 Å². The van der Waals surface area contributed by atoms with E-state index in [4.69, 9.17) is 9.47 Å². The number of ether oxygens (including phenoxy) is 2. The van der Waals surface area contributed by atoms with E-state index in [9.17, 15) is 8.42 Å². The zero-order valence-electron chi connectivity index (χ0n) is 19.0. The second kappa shape index (κ2) is 9.11. The van der Waals surface area contributed by atoms with Gasteiger partial charge in [-0.3, -0.25) is 4.72 Å². The van der Waals surface area contributed by atoms with Crippen LogP contribution in [0.1, 0.15) is 0 Å². The first-order valence-electron chi connectivity index (χ1n) is 10.7. The van der Waals surface area contributed by atoms with Gasteiger partial charge in [-0.15, -0.1) is 0 Å². The number of benzene rings is 4. The summed E-state index contributed by atoms with van der Waals surface area (Å²) in [5, 5.41) is 4.60. The van der Waals surface area contributed by atoms with Crippen LogP contribution < -0.4 is 19.5 Å². The number of nitrogens with zero attached hydrogens (tertiary/aromatic N) is 2. The summed E-state index contributed by atoms with van der Waals surface area (Å²) in [5.74, 6) is 1.44. The molecule has 0 aliphatic rings. The van der Waals surface area contributed by atoms with Crippen molar-refractivity contribution in [3.05, 3.63) is 84.9 Å². The Morgan fingerprint density at radius 1 is 0.714 bits per heavy atom. The largest absolute Gasteiger partial charge is 0.497 e. The summed E-state index contributed by atoms with van der Waals surface area (Å²) in [7, 11) is -0.884. The average molecular weight is 487 g/mol. The third kappa shape index (κ3) is 4.53. The highest BCUT2D eigenvalue weighted by Crippen LogP contribution is 2.32. The highest BCUT2D eigenvalue weighted by molar-refractivity contribution is 7.93. The Morgan fingerprint density at radius 3 is 2.00 bits per heavy atom. The van der Waals surface area contributed by atoms with Crippen molar-refractivity contribution in [2.45, 2.75) is 4.90 Å².